The van der Waals surface area contributed by atoms with Crippen molar-refractivity contribution in [2.75, 3.05) is 13.2 Å². The summed E-state index contributed by atoms with van der Waals surface area (Å²) in [5.41, 5.74) is -0.381. The van der Waals surface area contributed by atoms with E-state index in [0.29, 0.717) is 24.2 Å². The van der Waals surface area contributed by atoms with E-state index in [1.165, 1.54) is 0 Å². The number of carbonyl (C=O) groups is 1. The van der Waals surface area contributed by atoms with Crippen molar-refractivity contribution < 1.29 is 27.8 Å². The molecule has 28 heavy (non-hydrogen) atoms. The second-order valence-corrected chi connectivity index (χ2v) is 6.62. The molecule has 7 heteroatoms. The molecule has 1 aromatic rings. The molecule has 0 saturated heterocycles. The van der Waals surface area contributed by atoms with Crippen LogP contribution in [0.2, 0.25) is 0 Å². The van der Waals surface area contributed by atoms with Crippen molar-refractivity contribution in [3.05, 3.63) is 29.8 Å². The molecular formula is C21H28F3NO3. The van der Waals surface area contributed by atoms with Gasteiger partial charge < -0.3 is 15.2 Å². The van der Waals surface area contributed by atoms with Gasteiger partial charge in [0.05, 0.1) is 6.54 Å². The van der Waals surface area contributed by atoms with Crippen LogP contribution < -0.4 is 10.1 Å². The Morgan fingerprint density at radius 1 is 1.18 bits per heavy atom. The third-order valence-electron chi connectivity index (χ3n) is 4.08. The SMILES string of the molecule is CCCCC(O)(C#Cc1cccc(OCCNC(=O)C(F)(F)F)c1)CCCC. The maximum absolute atomic E-state index is 12.1. The highest BCUT2D eigenvalue weighted by Crippen LogP contribution is 2.21. The lowest BCUT2D eigenvalue weighted by Crippen LogP contribution is -2.38. The van der Waals surface area contributed by atoms with Crippen LogP contribution in [0.25, 0.3) is 0 Å². The first kappa shape index (κ1) is 23.8. The molecule has 0 bridgehead atoms. The number of alkyl halides is 3. The number of unbranched alkanes of at least 4 members (excludes halogenated alkanes) is 2. The summed E-state index contributed by atoms with van der Waals surface area (Å²) >= 11 is 0. The summed E-state index contributed by atoms with van der Waals surface area (Å²) in [5.74, 6) is 4.39. The monoisotopic (exact) mass is 399 g/mol. The zero-order chi connectivity index (χ0) is 21.0. The molecule has 0 fully saturated rings. The molecule has 0 aromatic heterocycles. The van der Waals surface area contributed by atoms with Crippen molar-refractivity contribution in [1.82, 2.24) is 5.32 Å². The van der Waals surface area contributed by atoms with Gasteiger partial charge in [0.2, 0.25) is 0 Å². The highest BCUT2D eigenvalue weighted by Gasteiger charge is 2.38. The predicted molar refractivity (Wildman–Crippen MR) is 102 cm³/mol. The summed E-state index contributed by atoms with van der Waals surface area (Å²) in [6.45, 7) is 3.76. The molecule has 156 valence electrons. The van der Waals surface area contributed by atoms with Crippen LogP contribution >= 0.6 is 0 Å². The lowest BCUT2D eigenvalue weighted by molar-refractivity contribution is -0.173. The molecule has 0 heterocycles. The van der Waals surface area contributed by atoms with Gasteiger partial charge in [0.1, 0.15) is 18.0 Å². The van der Waals surface area contributed by atoms with E-state index in [-0.39, 0.29) is 13.2 Å². The minimum absolute atomic E-state index is 0.102. The quantitative estimate of drug-likeness (QED) is 0.458. The van der Waals surface area contributed by atoms with Gasteiger partial charge >= 0.3 is 12.1 Å². The number of carbonyl (C=O) groups excluding carboxylic acids is 1. The van der Waals surface area contributed by atoms with E-state index in [1.807, 2.05) is 0 Å². The van der Waals surface area contributed by atoms with Crippen LogP contribution in [-0.4, -0.2) is 35.9 Å². The molecule has 0 spiro atoms. The molecule has 0 unspecified atom stereocenters. The molecule has 0 atom stereocenters. The second kappa shape index (κ2) is 11.6. The van der Waals surface area contributed by atoms with Gasteiger partial charge in [-0.15, -0.1) is 0 Å². The maximum Gasteiger partial charge on any atom is 0.471 e. The van der Waals surface area contributed by atoms with E-state index in [1.54, 1.807) is 29.6 Å². The van der Waals surface area contributed by atoms with Crippen LogP contribution in [0.15, 0.2) is 24.3 Å². The number of rotatable bonds is 10. The smallest absolute Gasteiger partial charge is 0.471 e. The second-order valence-electron chi connectivity index (χ2n) is 6.62. The Morgan fingerprint density at radius 2 is 1.82 bits per heavy atom. The Morgan fingerprint density at radius 3 is 2.39 bits per heavy atom. The Hall–Kier alpha value is -2.20. The summed E-state index contributed by atoms with van der Waals surface area (Å²) in [5, 5.41) is 12.5. The molecule has 0 aliphatic rings. The third-order valence-corrected chi connectivity index (χ3v) is 4.08. The number of hydrogen-bond donors (Lipinski definition) is 2. The van der Waals surface area contributed by atoms with Crippen LogP contribution in [0.3, 0.4) is 0 Å². The van der Waals surface area contributed by atoms with Crippen molar-refractivity contribution >= 4 is 5.91 Å². The minimum Gasteiger partial charge on any atom is -0.492 e. The Labute approximate surface area is 164 Å². The molecule has 0 saturated carbocycles. The van der Waals surface area contributed by atoms with Crippen LogP contribution in [0.5, 0.6) is 5.75 Å². The van der Waals surface area contributed by atoms with Crippen LogP contribution in [0, 0.1) is 11.8 Å². The predicted octanol–water partition coefficient (Wildman–Crippen LogP) is 4.21. The normalized spacial score (nSPS) is 11.5. The van der Waals surface area contributed by atoms with Gasteiger partial charge in [-0.25, -0.2) is 0 Å². The molecule has 0 aliphatic heterocycles. The lowest BCUT2D eigenvalue weighted by Gasteiger charge is -2.21. The standard InChI is InChI=1S/C21H28F3NO3/c1-3-5-11-20(27,12-6-4-2)13-10-17-8-7-9-18(16-17)28-15-14-25-19(26)21(22,23)24/h7-9,16,27H,3-6,11-12,14-15H2,1-2H3,(H,25,26). The molecule has 2 N–H and O–H groups in total. The molecule has 0 radical (unpaired) electrons. The number of halogens is 3. The van der Waals surface area contributed by atoms with Gasteiger partial charge in [-0.05, 0) is 43.9 Å². The Kier molecular flexibility index (Phi) is 9.88. The molecule has 1 rings (SSSR count). The fourth-order valence-corrected chi connectivity index (χ4v) is 2.47. The number of benzene rings is 1. The number of hydrogen-bond acceptors (Lipinski definition) is 3. The van der Waals surface area contributed by atoms with Gasteiger partial charge in [-0.2, -0.15) is 13.2 Å². The number of aliphatic hydroxyl groups is 1. The Balaban J connectivity index is 2.67. The van der Waals surface area contributed by atoms with Crippen molar-refractivity contribution in [2.24, 2.45) is 0 Å². The zero-order valence-electron chi connectivity index (χ0n) is 16.4. The first-order valence-corrected chi connectivity index (χ1v) is 9.53. The number of nitrogens with one attached hydrogen (secondary N) is 1. The molecule has 1 aromatic carbocycles. The van der Waals surface area contributed by atoms with Gasteiger partial charge in [0.15, 0.2) is 0 Å². The third kappa shape index (κ3) is 9.14. The Bertz CT molecular complexity index is 669. The minimum atomic E-state index is -4.90. The van der Waals surface area contributed by atoms with E-state index >= 15 is 0 Å². The fourth-order valence-electron chi connectivity index (χ4n) is 2.47. The van der Waals surface area contributed by atoms with Crippen LogP contribution in [0.4, 0.5) is 13.2 Å². The summed E-state index contributed by atoms with van der Waals surface area (Å²) in [6, 6.07) is 6.78. The first-order valence-electron chi connectivity index (χ1n) is 9.53. The average Bonchev–Trinajstić information content (AvgIpc) is 2.66. The van der Waals surface area contributed by atoms with Gasteiger partial charge in [-0.3, -0.25) is 4.79 Å². The summed E-state index contributed by atoms with van der Waals surface area (Å²) in [4.78, 5) is 10.7. The van der Waals surface area contributed by atoms with Crippen LogP contribution in [0.1, 0.15) is 57.9 Å². The number of amides is 1. The molecule has 0 aliphatic carbocycles. The lowest BCUT2D eigenvalue weighted by atomic mass is 9.91. The van der Waals surface area contributed by atoms with Crippen molar-refractivity contribution in [3.8, 4) is 17.6 Å². The fraction of sp³-hybridized carbons (Fsp3) is 0.571. The van der Waals surface area contributed by atoms with Crippen molar-refractivity contribution in [3.63, 3.8) is 0 Å². The number of ether oxygens (including phenoxy) is 1. The molecule has 1 amide bonds. The highest BCUT2D eigenvalue weighted by molar-refractivity contribution is 5.81. The van der Waals surface area contributed by atoms with E-state index in [4.69, 9.17) is 4.74 Å². The van der Waals surface area contributed by atoms with Crippen molar-refractivity contribution in [2.45, 2.75) is 64.1 Å². The van der Waals surface area contributed by atoms with E-state index in [9.17, 15) is 23.1 Å². The van der Waals surface area contributed by atoms with E-state index in [0.717, 1.165) is 25.7 Å². The summed E-state index contributed by atoms with van der Waals surface area (Å²) < 4.78 is 41.7. The van der Waals surface area contributed by atoms with E-state index < -0.39 is 17.7 Å². The van der Waals surface area contributed by atoms with Crippen molar-refractivity contribution in [1.29, 1.82) is 0 Å². The first-order chi connectivity index (χ1) is 13.2. The zero-order valence-corrected chi connectivity index (χ0v) is 16.4. The van der Waals surface area contributed by atoms with Gasteiger partial charge in [-0.1, -0.05) is 44.6 Å². The topological polar surface area (TPSA) is 58.6 Å². The van der Waals surface area contributed by atoms with Gasteiger partial charge in [0.25, 0.3) is 0 Å². The maximum atomic E-state index is 12.1. The van der Waals surface area contributed by atoms with Gasteiger partial charge in [0, 0.05) is 5.56 Å². The molecule has 4 nitrogen and oxygen atoms in total. The highest BCUT2D eigenvalue weighted by atomic mass is 19.4. The largest absolute Gasteiger partial charge is 0.492 e. The van der Waals surface area contributed by atoms with Crippen LogP contribution in [-0.2, 0) is 4.79 Å². The average molecular weight is 399 g/mol. The molecular weight excluding hydrogens is 371 g/mol. The van der Waals surface area contributed by atoms with E-state index in [2.05, 4.69) is 25.7 Å². The summed E-state index contributed by atoms with van der Waals surface area (Å²) in [7, 11) is 0. The summed E-state index contributed by atoms with van der Waals surface area (Å²) in [6.07, 6.45) is 0.0665.